The van der Waals surface area contributed by atoms with E-state index in [1.54, 1.807) is 6.07 Å². The first-order chi connectivity index (χ1) is 8.24. The Bertz CT molecular complexity index is 567. The summed E-state index contributed by atoms with van der Waals surface area (Å²) in [6.45, 7) is 4.21. The minimum absolute atomic E-state index is 0.0765. The van der Waals surface area contributed by atoms with Gasteiger partial charge in [-0.05, 0) is 30.5 Å². The second-order valence-corrected chi connectivity index (χ2v) is 4.41. The van der Waals surface area contributed by atoms with Crippen LogP contribution in [-0.2, 0) is 12.8 Å². The first-order valence-electron chi connectivity index (χ1n) is 6.30. The quantitative estimate of drug-likeness (QED) is 0.801. The van der Waals surface area contributed by atoms with Crippen molar-refractivity contribution in [3.63, 3.8) is 0 Å². The second-order valence-electron chi connectivity index (χ2n) is 4.41. The summed E-state index contributed by atoms with van der Waals surface area (Å²) >= 11 is 0. The van der Waals surface area contributed by atoms with Crippen LogP contribution in [0, 0.1) is 0 Å². The average Bonchev–Trinajstić information content (AvgIpc) is 2.31. The minimum Gasteiger partial charge on any atom is -0.461 e. The van der Waals surface area contributed by atoms with Crippen LogP contribution in [0.2, 0.25) is 0 Å². The highest BCUT2D eigenvalue weighted by molar-refractivity contribution is 5.77. The maximum atomic E-state index is 12.0. The molecule has 0 unspecified atom stereocenters. The Morgan fingerprint density at radius 3 is 2.53 bits per heavy atom. The van der Waals surface area contributed by atoms with Gasteiger partial charge in [-0.1, -0.05) is 26.3 Å². The highest BCUT2D eigenvalue weighted by Gasteiger charge is 2.05. The second kappa shape index (κ2) is 5.17. The standard InChI is InChI=1S/C15H18O2/c1-3-5-11-7-8-15-13(9-11)14(16)10-12(17-15)6-4-2/h7-10H,3-6H2,1-2H3. The van der Waals surface area contributed by atoms with E-state index in [1.807, 2.05) is 18.2 Å². The molecule has 1 aromatic carbocycles. The van der Waals surface area contributed by atoms with Gasteiger partial charge < -0.3 is 4.42 Å². The molecule has 1 aromatic heterocycles. The molecule has 90 valence electrons. The van der Waals surface area contributed by atoms with Gasteiger partial charge in [0, 0.05) is 12.5 Å². The van der Waals surface area contributed by atoms with Crippen molar-refractivity contribution in [3.05, 3.63) is 45.8 Å². The molecule has 0 radical (unpaired) electrons. The maximum Gasteiger partial charge on any atom is 0.192 e. The Morgan fingerprint density at radius 2 is 1.82 bits per heavy atom. The van der Waals surface area contributed by atoms with E-state index >= 15 is 0 Å². The Labute approximate surface area is 101 Å². The molecule has 1 heterocycles. The molecular weight excluding hydrogens is 212 g/mol. The van der Waals surface area contributed by atoms with Gasteiger partial charge in [-0.3, -0.25) is 4.79 Å². The molecular formula is C15H18O2. The largest absolute Gasteiger partial charge is 0.461 e. The van der Waals surface area contributed by atoms with Crippen LogP contribution >= 0.6 is 0 Å². The number of rotatable bonds is 4. The topological polar surface area (TPSA) is 30.2 Å². The van der Waals surface area contributed by atoms with Crippen molar-refractivity contribution in [3.8, 4) is 0 Å². The van der Waals surface area contributed by atoms with Crippen LogP contribution in [0.1, 0.15) is 38.0 Å². The summed E-state index contributed by atoms with van der Waals surface area (Å²) < 4.78 is 5.72. The van der Waals surface area contributed by atoms with E-state index in [-0.39, 0.29) is 5.43 Å². The highest BCUT2D eigenvalue weighted by Crippen LogP contribution is 2.16. The van der Waals surface area contributed by atoms with E-state index < -0.39 is 0 Å². The maximum absolute atomic E-state index is 12.0. The summed E-state index contributed by atoms with van der Waals surface area (Å²) in [4.78, 5) is 12.0. The van der Waals surface area contributed by atoms with Crippen LogP contribution in [0.4, 0.5) is 0 Å². The first kappa shape index (κ1) is 11.9. The summed E-state index contributed by atoms with van der Waals surface area (Å²) in [5.74, 6) is 0.785. The summed E-state index contributed by atoms with van der Waals surface area (Å²) in [7, 11) is 0. The average molecular weight is 230 g/mol. The SMILES string of the molecule is CCCc1ccc2oc(CCC)cc(=O)c2c1. The fourth-order valence-electron chi connectivity index (χ4n) is 2.07. The molecule has 2 rings (SSSR count). The van der Waals surface area contributed by atoms with Gasteiger partial charge in [0.15, 0.2) is 5.43 Å². The van der Waals surface area contributed by atoms with Gasteiger partial charge in [0.05, 0.1) is 5.39 Å². The van der Waals surface area contributed by atoms with Crippen molar-refractivity contribution < 1.29 is 4.42 Å². The highest BCUT2D eigenvalue weighted by atomic mass is 16.3. The Hall–Kier alpha value is -1.57. The molecule has 17 heavy (non-hydrogen) atoms. The van der Waals surface area contributed by atoms with Crippen LogP contribution in [0.15, 0.2) is 33.5 Å². The Morgan fingerprint density at radius 1 is 1.06 bits per heavy atom. The molecule has 0 aliphatic rings. The number of fused-ring (bicyclic) bond motifs is 1. The fourth-order valence-corrected chi connectivity index (χ4v) is 2.07. The Balaban J connectivity index is 2.52. The van der Waals surface area contributed by atoms with Crippen molar-refractivity contribution in [1.82, 2.24) is 0 Å². The number of hydrogen-bond acceptors (Lipinski definition) is 2. The van der Waals surface area contributed by atoms with Crippen LogP contribution in [0.5, 0.6) is 0 Å². The van der Waals surface area contributed by atoms with Crippen molar-refractivity contribution in [2.75, 3.05) is 0 Å². The molecule has 2 nitrogen and oxygen atoms in total. The van der Waals surface area contributed by atoms with E-state index in [9.17, 15) is 4.79 Å². The lowest BCUT2D eigenvalue weighted by Gasteiger charge is -2.03. The molecule has 0 aliphatic carbocycles. The monoisotopic (exact) mass is 230 g/mol. The van der Waals surface area contributed by atoms with Crippen molar-refractivity contribution in [2.45, 2.75) is 39.5 Å². The van der Waals surface area contributed by atoms with Crippen molar-refractivity contribution >= 4 is 11.0 Å². The number of aryl methyl sites for hydroxylation is 2. The van der Waals surface area contributed by atoms with Crippen molar-refractivity contribution in [1.29, 1.82) is 0 Å². The van der Waals surface area contributed by atoms with Gasteiger partial charge in [0.2, 0.25) is 0 Å². The van der Waals surface area contributed by atoms with Gasteiger partial charge in [0.25, 0.3) is 0 Å². The molecule has 0 bridgehead atoms. The number of benzene rings is 1. The van der Waals surface area contributed by atoms with Crippen LogP contribution in [0.3, 0.4) is 0 Å². The Kier molecular flexibility index (Phi) is 3.62. The smallest absolute Gasteiger partial charge is 0.192 e. The van der Waals surface area contributed by atoms with Gasteiger partial charge >= 0.3 is 0 Å². The fraction of sp³-hybridized carbons (Fsp3) is 0.400. The predicted molar refractivity (Wildman–Crippen MR) is 70.5 cm³/mol. The molecule has 0 fully saturated rings. The summed E-state index contributed by atoms with van der Waals surface area (Å²) in [5, 5.41) is 0.704. The lowest BCUT2D eigenvalue weighted by Crippen LogP contribution is -2.02. The lowest BCUT2D eigenvalue weighted by molar-refractivity contribution is 0.531. The normalized spacial score (nSPS) is 10.9. The van der Waals surface area contributed by atoms with Crippen LogP contribution < -0.4 is 5.43 Å². The van der Waals surface area contributed by atoms with Gasteiger partial charge in [-0.25, -0.2) is 0 Å². The van der Waals surface area contributed by atoms with E-state index in [0.29, 0.717) is 11.0 Å². The number of hydrogen-bond donors (Lipinski definition) is 0. The molecule has 0 amide bonds. The third-order valence-corrected chi connectivity index (χ3v) is 2.88. The molecule has 2 aromatic rings. The van der Waals surface area contributed by atoms with E-state index in [1.165, 1.54) is 5.56 Å². The van der Waals surface area contributed by atoms with Crippen molar-refractivity contribution in [2.24, 2.45) is 0 Å². The molecule has 0 aliphatic heterocycles. The summed E-state index contributed by atoms with van der Waals surface area (Å²) in [6, 6.07) is 7.55. The zero-order valence-electron chi connectivity index (χ0n) is 10.5. The molecule has 0 atom stereocenters. The molecule has 0 saturated carbocycles. The summed E-state index contributed by atoms with van der Waals surface area (Å²) in [5.41, 5.74) is 1.99. The molecule has 2 heteroatoms. The van der Waals surface area contributed by atoms with Gasteiger partial charge in [-0.2, -0.15) is 0 Å². The van der Waals surface area contributed by atoms with E-state index in [0.717, 1.165) is 31.4 Å². The zero-order valence-corrected chi connectivity index (χ0v) is 10.5. The summed E-state index contributed by atoms with van der Waals surface area (Å²) in [6.07, 6.45) is 3.90. The van der Waals surface area contributed by atoms with E-state index in [2.05, 4.69) is 13.8 Å². The lowest BCUT2D eigenvalue weighted by atomic mass is 10.1. The molecule has 0 spiro atoms. The van der Waals surface area contributed by atoms with E-state index in [4.69, 9.17) is 4.42 Å². The van der Waals surface area contributed by atoms with Gasteiger partial charge in [0.1, 0.15) is 11.3 Å². The minimum atomic E-state index is 0.0765. The third kappa shape index (κ3) is 2.57. The predicted octanol–water partition coefficient (Wildman–Crippen LogP) is 3.70. The van der Waals surface area contributed by atoms with Crippen LogP contribution in [-0.4, -0.2) is 0 Å². The third-order valence-electron chi connectivity index (χ3n) is 2.88. The van der Waals surface area contributed by atoms with Gasteiger partial charge in [-0.15, -0.1) is 0 Å². The van der Waals surface area contributed by atoms with Crippen LogP contribution in [0.25, 0.3) is 11.0 Å². The molecule has 0 saturated heterocycles. The first-order valence-corrected chi connectivity index (χ1v) is 6.30. The zero-order chi connectivity index (χ0) is 12.3. The molecule has 0 N–H and O–H groups in total.